The van der Waals surface area contributed by atoms with Crippen LogP contribution in [0.3, 0.4) is 0 Å². The van der Waals surface area contributed by atoms with E-state index in [4.69, 9.17) is 4.74 Å². The number of hydrogen-bond acceptors (Lipinski definition) is 7. The van der Waals surface area contributed by atoms with Crippen LogP contribution in [0.25, 0.3) is 0 Å². The predicted molar refractivity (Wildman–Crippen MR) is 75.4 cm³/mol. The number of nitrogens with zero attached hydrogens (tertiary/aromatic N) is 3. The molecule has 6 nitrogen and oxygen atoms in total. The second-order valence-electron chi connectivity index (χ2n) is 5.43. The van der Waals surface area contributed by atoms with E-state index in [1.54, 1.807) is 0 Å². The number of aliphatic hydroxyl groups excluding tert-OH is 1. The van der Waals surface area contributed by atoms with Gasteiger partial charge in [0.15, 0.2) is 0 Å². The van der Waals surface area contributed by atoms with E-state index in [0.717, 1.165) is 36.9 Å². The zero-order chi connectivity index (χ0) is 13.9. The van der Waals surface area contributed by atoms with Gasteiger partial charge in [0.25, 0.3) is 0 Å². The summed E-state index contributed by atoms with van der Waals surface area (Å²) in [6, 6.07) is 0. The van der Waals surface area contributed by atoms with Crippen LogP contribution < -0.4 is 5.32 Å². The fraction of sp³-hybridized carbons (Fsp3) is 0.833. The summed E-state index contributed by atoms with van der Waals surface area (Å²) < 4.78 is 9.81. The average molecular weight is 286 g/mol. The van der Waals surface area contributed by atoms with Crippen LogP contribution in [-0.2, 0) is 11.3 Å². The molecule has 1 fully saturated rings. The van der Waals surface area contributed by atoms with E-state index in [0.29, 0.717) is 0 Å². The molecule has 108 valence electrons. The predicted octanol–water partition coefficient (Wildman–Crippen LogP) is 0.942. The highest BCUT2D eigenvalue weighted by Crippen LogP contribution is 2.25. The molecule has 1 aromatic rings. The van der Waals surface area contributed by atoms with Gasteiger partial charge in [0, 0.05) is 37.7 Å². The molecule has 1 aromatic heterocycles. The molecule has 1 aliphatic heterocycles. The van der Waals surface area contributed by atoms with Crippen molar-refractivity contribution < 1.29 is 9.84 Å². The summed E-state index contributed by atoms with van der Waals surface area (Å²) in [4.78, 5) is 2.27. The van der Waals surface area contributed by atoms with E-state index in [9.17, 15) is 5.11 Å². The van der Waals surface area contributed by atoms with Gasteiger partial charge in [-0.3, -0.25) is 4.90 Å². The maximum Gasteiger partial charge on any atom is 0.134 e. The molecule has 0 amide bonds. The van der Waals surface area contributed by atoms with Gasteiger partial charge in [-0.25, -0.2) is 0 Å². The third kappa shape index (κ3) is 3.85. The topological polar surface area (TPSA) is 70.5 Å². The molecule has 0 aromatic carbocycles. The lowest BCUT2D eigenvalue weighted by molar-refractivity contribution is -0.150. The summed E-state index contributed by atoms with van der Waals surface area (Å²) in [5.41, 5.74) is 0.731. The number of aliphatic hydroxyl groups is 1. The van der Waals surface area contributed by atoms with E-state index in [-0.39, 0.29) is 18.3 Å². The number of ether oxygens (including phenoxy) is 1. The second-order valence-corrected chi connectivity index (χ2v) is 6.18. The molecule has 0 saturated carbocycles. The van der Waals surface area contributed by atoms with Crippen LogP contribution in [-0.4, -0.2) is 57.5 Å². The Morgan fingerprint density at radius 1 is 1.58 bits per heavy atom. The van der Waals surface area contributed by atoms with Crippen molar-refractivity contribution in [3.8, 4) is 0 Å². The second kappa shape index (κ2) is 6.13. The summed E-state index contributed by atoms with van der Waals surface area (Å²) >= 11 is 1.39. The van der Waals surface area contributed by atoms with Crippen molar-refractivity contribution in [2.24, 2.45) is 0 Å². The van der Waals surface area contributed by atoms with Gasteiger partial charge in [-0.05, 0) is 20.8 Å². The Hall–Kier alpha value is -0.760. The molecule has 2 rings (SSSR count). The maximum absolute atomic E-state index is 9.32. The molecule has 1 atom stereocenters. The third-order valence-corrected chi connectivity index (χ3v) is 3.75. The van der Waals surface area contributed by atoms with Crippen molar-refractivity contribution in [1.82, 2.24) is 14.5 Å². The Balaban J connectivity index is 2.03. The Morgan fingerprint density at radius 2 is 2.37 bits per heavy atom. The van der Waals surface area contributed by atoms with Gasteiger partial charge < -0.3 is 15.2 Å². The third-order valence-electron chi connectivity index (χ3n) is 3.02. The molecule has 0 bridgehead atoms. The maximum atomic E-state index is 9.32. The van der Waals surface area contributed by atoms with E-state index >= 15 is 0 Å². The molecule has 0 spiro atoms. The smallest absolute Gasteiger partial charge is 0.134 e. The Bertz CT molecular complexity index is 410. The lowest BCUT2D eigenvalue weighted by atomic mass is 10.1. The van der Waals surface area contributed by atoms with E-state index < -0.39 is 0 Å². The summed E-state index contributed by atoms with van der Waals surface area (Å²) in [6.07, 6.45) is -0.127. The van der Waals surface area contributed by atoms with Crippen LogP contribution in [0.5, 0.6) is 0 Å². The zero-order valence-corrected chi connectivity index (χ0v) is 12.5. The first-order valence-corrected chi connectivity index (χ1v) is 7.37. The van der Waals surface area contributed by atoms with Crippen LogP contribution >= 0.6 is 11.5 Å². The van der Waals surface area contributed by atoms with E-state index in [1.807, 2.05) is 13.8 Å². The molecule has 19 heavy (non-hydrogen) atoms. The van der Waals surface area contributed by atoms with Gasteiger partial charge in [-0.15, -0.1) is 5.10 Å². The first-order valence-electron chi connectivity index (χ1n) is 6.60. The van der Waals surface area contributed by atoms with Gasteiger partial charge in [-0.2, -0.15) is 0 Å². The minimum atomic E-state index is -0.243. The molecule has 1 aliphatic rings. The highest BCUT2D eigenvalue weighted by atomic mass is 32.1. The first-order chi connectivity index (χ1) is 9.04. The van der Waals surface area contributed by atoms with Gasteiger partial charge in [-0.1, -0.05) is 4.49 Å². The number of morpholine rings is 1. The minimum Gasteiger partial charge on any atom is -0.394 e. The molecule has 0 radical (unpaired) electrons. The van der Waals surface area contributed by atoms with Crippen molar-refractivity contribution in [2.75, 3.05) is 31.6 Å². The van der Waals surface area contributed by atoms with Crippen molar-refractivity contribution >= 4 is 16.5 Å². The summed E-state index contributed by atoms with van der Waals surface area (Å²) in [6.45, 7) is 9.36. The summed E-state index contributed by atoms with van der Waals surface area (Å²) in [5, 5.41) is 17.8. The SMILES string of the molecule is CCNc1snnc1CN1CC(CO)OC(C)(C)C1. The number of nitrogens with one attached hydrogen (secondary N) is 1. The van der Waals surface area contributed by atoms with E-state index in [1.165, 1.54) is 11.5 Å². The molecule has 1 unspecified atom stereocenters. The number of anilines is 1. The van der Waals surface area contributed by atoms with Crippen LogP contribution in [0, 0.1) is 0 Å². The molecular formula is C12H22N4O2S. The molecule has 0 aliphatic carbocycles. The Kier molecular flexibility index (Phi) is 4.72. The van der Waals surface area contributed by atoms with Crippen LogP contribution in [0.1, 0.15) is 26.5 Å². The van der Waals surface area contributed by atoms with Crippen LogP contribution in [0.4, 0.5) is 5.00 Å². The number of rotatable bonds is 5. The van der Waals surface area contributed by atoms with Gasteiger partial charge >= 0.3 is 0 Å². The van der Waals surface area contributed by atoms with Crippen LogP contribution in [0.2, 0.25) is 0 Å². The average Bonchev–Trinajstić information content (AvgIpc) is 2.75. The largest absolute Gasteiger partial charge is 0.394 e. The quantitative estimate of drug-likeness (QED) is 0.839. The monoisotopic (exact) mass is 286 g/mol. The van der Waals surface area contributed by atoms with Gasteiger partial charge in [0.2, 0.25) is 0 Å². The van der Waals surface area contributed by atoms with E-state index in [2.05, 4.69) is 26.7 Å². The van der Waals surface area contributed by atoms with Crippen molar-refractivity contribution in [3.05, 3.63) is 5.69 Å². The normalized spacial score (nSPS) is 23.5. The fourth-order valence-electron chi connectivity index (χ4n) is 2.45. The van der Waals surface area contributed by atoms with Crippen molar-refractivity contribution in [1.29, 1.82) is 0 Å². The fourth-order valence-corrected chi connectivity index (χ4v) is 3.09. The Labute approximate surface area is 117 Å². The van der Waals surface area contributed by atoms with Crippen molar-refractivity contribution in [3.63, 3.8) is 0 Å². The molecule has 2 heterocycles. The Morgan fingerprint density at radius 3 is 3.05 bits per heavy atom. The molecular weight excluding hydrogens is 264 g/mol. The summed E-state index contributed by atoms with van der Waals surface area (Å²) in [7, 11) is 0. The highest BCUT2D eigenvalue weighted by Gasteiger charge is 2.33. The minimum absolute atomic E-state index is 0.0509. The molecule has 7 heteroatoms. The highest BCUT2D eigenvalue weighted by molar-refractivity contribution is 7.10. The molecule has 2 N–H and O–H groups in total. The lowest BCUT2D eigenvalue weighted by Crippen LogP contribution is -2.53. The number of hydrogen-bond donors (Lipinski definition) is 2. The standard InChI is InChI=1S/C12H22N4O2S/c1-4-13-11-10(14-15-19-11)6-16-5-9(7-17)18-12(2,3)8-16/h9,13,17H,4-8H2,1-3H3. The van der Waals surface area contributed by atoms with Gasteiger partial charge in [0.1, 0.15) is 10.7 Å². The van der Waals surface area contributed by atoms with Crippen molar-refractivity contribution in [2.45, 2.75) is 39.0 Å². The number of aromatic nitrogens is 2. The first kappa shape index (κ1) is 14.6. The summed E-state index contributed by atoms with van der Waals surface area (Å²) in [5.74, 6) is 0. The zero-order valence-electron chi connectivity index (χ0n) is 11.7. The molecule has 1 saturated heterocycles. The lowest BCUT2D eigenvalue weighted by Gasteiger charge is -2.42. The van der Waals surface area contributed by atoms with Crippen LogP contribution in [0.15, 0.2) is 0 Å². The van der Waals surface area contributed by atoms with Gasteiger partial charge in [0.05, 0.1) is 18.3 Å².